The summed E-state index contributed by atoms with van der Waals surface area (Å²) in [6.45, 7) is 4.49. The zero-order valence-electron chi connectivity index (χ0n) is 18.4. The molecule has 2 saturated heterocycles. The summed E-state index contributed by atoms with van der Waals surface area (Å²) in [4.78, 5) is 27.2. The van der Waals surface area contributed by atoms with Crippen molar-refractivity contribution in [3.05, 3.63) is 30.2 Å². The van der Waals surface area contributed by atoms with Crippen LogP contribution in [0.4, 0.5) is 0 Å². The third-order valence-electron chi connectivity index (χ3n) is 6.26. The largest absolute Gasteiger partial charge is 0.483 e. The molecular formula is C21H31N5O6. The number of methoxy groups -OCH3 is 1. The van der Waals surface area contributed by atoms with Crippen LogP contribution < -0.4 is 5.32 Å². The monoisotopic (exact) mass is 449 g/mol. The van der Waals surface area contributed by atoms with E-state index in [-0.39, 0.29) is 19.0 Å². The van der Waals surface area contributed by atoms with Crippen molar-refractivity contribution in [3.63, 3.8) is 0 Å². The van der Waals surface area contributed by atoms with Crippen LogP contribution in [-0.2, 0) is 25.6 Å². The maximum atomic E-state index is 12.1. The Balaban J connectivity index is 0.000000913. The molecule has 0 bridgehead atoms. The van der Waals surface area contributed by atoms with Crippen LogP contribution in [0, 0.1) is 0 Å². The molecule has 4 heterocycles. The van der Waals surface area contributed by atoms with Gasteiger partial charge in [-0.15, -0.1) is 0 Å². The summed E-state index contributed by atoms with van der Waals surface area (Å²) in [6.07, 6.45) is 6.74. The molecule has 1 spiro atoms. The van der Waals surface area contributed by atoms with Gasteiger partial charge in [0.25, 0.3) is 6.47 Å². The summed E-state index contributed by atoms with van der Waals surface area (Å²) in [7, 11) is 1.49. The molecule has 32 heavy (non-hydrogen) atoms. The molecule has 2 fully saturated rings. The van der Waals surface area contributed by atoms with Gasteiger partial charge in [0.05, 0.1) is 17.3 Å². The molecule has 2 aliphatic rings. The highest BCUT2D eigenvalue weighted by atomic mass is 16.5. The summed E-state index contributed by atoms with van der Waals surface area (Å²) in [5.74, 6) is -0.218. The predicted molar refractivity (Wildman–Crippen MR) is 114 cm³/mol. The number of carboxylic acid groups (broad SMARTS) is 1. The number of carbonyl (C=O) groups is 2. The Kier molecular flexibility index (Phi) is 7.77. The Labute approximate surface area is 186 Å². The van der Waals surface area contributed by atoms with E-state index in [2.05, 4.69) is 20.3 Å². The number of ether oxygens (including phenoxy) is 2. The zero-order chi connectivity index (χ0) is 23.2. The van der Waals surface area contributed by atoms with Crippen molar-refractivity contribution in [1.82, 2.24) is 24.8 Å². The zero-order valence-corrected chi connectivity index (χ0v) is 18.4. The molecule has 1 amide bonds. The molecule has 0 aliphatic carbocycles. The van der Waals surface area contributed by atoms with Gasteiger partial charge >= 0.3 is 0 Å². The van der Waals surface area contributed by atoms with Crippen LogP contribution in [-0.4, -0.2) is 92.7 Å². The van der Waals surface area contributed by atoms with E-state index in [0.717, 1.165) is 30.8 Å². The van der Waals surface area contributed by atoms with Crippen LogP contribution in [0.15, 0.2) is 24.7 Å². The molecule has 0 unspecified atom stereocenters. The number of nitrogens with one attached hydrogen (secondary N) is 1. The third-order valence-corrected chi connectivity index (χ3v) is 6.26. The Morgan fingerprint density at radius 3 is 2.81 bits per heavy atom. The van der Waals surface area contributed by atoms with Crippen molar-refractivity contribution < 1.29 is 29.3 Å². The van der Waals surface area contributed by atoms with Crippen LogP contribution >= 0.6 is 0 Å². The summed E-state index contributed by atoms with van der Waals surface area (Å²) in [5, 5.41) is 25.4. The van der Waals surface area contributed by atoms with Crippen LogP contribution in [0.3, 0.4) is 0 Å². The second-order valence-corrected chi connectivity index (χ2v) is 8.40. The van der Waals surface area contributed by atoms with Crippen molar-refractivity contribution in [2.24, 2.45) is 0 Å². The van der Waals surface area contributed by atoms with Crippen LogP contribution in [0.2, 0.25) is 0 Å². The molecule has 11 heteroatoms. The predicted octanol–water partition coefficient (Wildman–Crippen LogP) is 0.0672. The van der Waals surface area contributed by atoms with E-state index in [4.69, 9.17) is 19.4 Å². The molecule has 2 atom stereocenters. The molecule has 4 rings (SSSR count). The van der Waals surface area contributed by atoms with Gasteiger partial charge in [0.15, 0.2) is 5.65 Å². The Morgan fingerprint density at radius 2 is 2.12 bits per heavy atom. The highest BCUT2D eigenvalue weighted by Gasteiger charge is 2.53. The Morgan fingerprint density at radius 1 is 1.41 bits per heavy atom. The summed E-state index contributed by atoms with van der Waals surface area (Å²) < 4.78 is 12.8. The van der Waals surface area contributed by atoms with Gasteiger partial charge in [0.2, 0.25) is 5.91 Å². The highest BCUT2D eigenvalue weighted by molar-refractivity contribution is 5.78. The number of aliphatic hydroxyl groups is 1. The van der Waals surface area contributed by atoms with E-state index in [1.54, 1.807) is 10.7 Å². The van der Waals surface area contributed by atoms with Crippen molar-refractivity contribution >= 4 is 18.0 Å². The van der Waals surface area contributed by atoms with Gasteiger partial charge in [-0.05, 0) is 32.3 Å². The molecule has 0 saturated carbocycles. The number of hydrogen-bond acceptors (Lipinski definition) is 8. The van der Waals surface area contributed by atoms with Crippen molar-refractivity contribution in [2.45, 2.75) is 50.0 Å². The molecule has 11 nitrogen and oxygen atoms in total. The fourth-order valence-corrected chi connectivity index (χ4v) is 4.62. The van der Waals surface area contributed by atoms with Crippen molar-refractivity contribution in [3.8, 4) is 0 Å². The summed E-state index contributed by atoms with van der Waals surface area (Å²) >= 11 is 0. The van der Waals surface area contributed by atoms with Crippen LogP contribution in [0.5, 0.6) is 0 Å². The lowest BCUT2D eigenvalue weighted by molar-refractivity contribution is -0.208. The van der Waals surface area contributed by atoms with Crippen LogP contribution in [0.25, 0.3) is 5.65 Å². The molecule has 0 aromatic carbocycles. The number of piperidine rings is 1. The van der Waals surface area contributed by atoms with Gasteiger partial charge in [-0.2, -0.15) is 5.10 Å². The second kappa shape index (κ2) is 10.3. The third kappa shape index (κ3) is 5.07. The van der Waals surface area contributed by atoms with E-state index in [1.165, 1.54) is 7.11 Å². The molecule has 3 N–H and O–H groups in total. The normalized spacial score (nSPS) is 25.2. The number of carbonyl (C=O) groups excluding carboxylic acids is 1. The molecule has 2 aromatic rings. The lowest BCUT2D eigenvalue weighted by Crippen LogP contribution is -2.69. The minimum Gasteiger partial charge on any atom is -0.483 e. The molecule has 176 valence electrons. The van der Waals surface area contributed by atoms with Gasteiger partial charge < -0.3 is 25.0 Å². The van der Waals surface area contributed by atoms with Crippen molar-refractivity contribution in [2.75, 3.05) is 33.4 Å². The number of likely N-dealkylation sites (tertiary alicyclic amines) is 1. The minimum atomic E-state index is -0.773. The average molecular weight is 450 g/mol. The lowest BCUT2D eigenvalue weighted by Gasteiger charge is -2.53. The van der Waals surface area contributed by atoms with Crippen molar-refractivity contribution in [1.29, 1.82) is 0 Å². The van der Waals surface area contributed by atoms with Gasteiger partial charge in [-0.3, -0.25) is 14.5 Å². The number of hydrogen-bond donors (Lipinski definition) is 3. The highest BCUT2D eigenvalue weighted by Crippen LogP contribution is 2.40. The Bertz CT molecular complexity index is 913. The number of fused-ring (bicyclic) bond motifs is 1. The fourth-order valence-electron chi connectivity index (χ4n) is 4.62. The first kappa shape index (κ1) is 24.1. The van der Waals surface area contributed by atoms with Gasteiger partial charge in [0.1, 0.15) is 12.7 Å². The maximum absolute atomic E-state index is 12.1. The number of amides is 1. The van der Waals surface area contributed by atoms with E-state index in [9.17, 15) is 9.90 Å². The quantitative estimate of drug-likeness (QED) is 0.541. The number of aliphatic hydroxyl groups excluding tert-OH is 1. The summed E-state index contributed by atoms with van der Waals surface area (Å²) in [6, 6.07) is 1.86. The van der Waals surface area contributed by atoms with Crippen LogP contribution in [0.1, 0.15) is 31.7 Å². The minimum absolute atomic E-state index is 0.0162. The smallest absolute Gasteiger partial charge is 0.290 e. The SMILES string of the molecule is COCC(=O)N[C@]1(C)CCOC2(CCN(Cc3cnn4cccnc34)CC2)[C@H]1O.O=CO. The van der Waals surface area contributed by atoms with E-state index in [1.807, 2.05) is 25.4 Å². The van der Waals surface area contributed by atoms with Gasteiger partial charge in [-0.1, -0.05) is 0 Å². The van der Waals surface area contributed by atoms with Gasteiger partial charge in [0, 0.05) is 51.3 Å². The van der Waals surface area contributed by atoms with E-state index in [0.29, 0.717) is 25.9 Å². The maximum Gasteiger partial charge on any atom is 0.290 e. The first-order valence-electron chi connectivity index (χ1n) is 10.6. The standard InChI is InChI=1S/C20H29N5O4.CH2O2/c1-19(23-16(26)14-28-2)6-11-29-20(18(19)27)4-9-24(10-5-20)13-15-12-22-25-8-3-7-21-17(15)25;2-1-3/h3,7-8,12,18,27H,4-6,9-11,13-14H2,1-2H3,(H,23,26);1H,(H,2,3)/t18-,19+;/m0./s1. The molecule has 0 radical (unpaired) electrons. The Hall–Kier alpha value is -2.60. The number of nitrogens with zero attached hydrogens (tertiary/aromatic N) is 4. The van der Waals surface area contributed by atoms with E-state index < -0.39 is 17.2 Å². The lowest BCUT2D eigenvalue weighted by atomic mass is 9.73. The summed E-state index contributed by atoms with van der Waals surface area (Å²) in [5.41, 5.74) is 0.601. The average Bonchev–Trinajstić information content (AvgIpc) is 3.17. The molecular weight excluding hydrogens is 418 g/mol. The second-order valence-electron chi connectivity index (χ2n) is 8.40. The molecule has 2 aliphatic heterocycles. The topological polar surface area (TPSA) is 139 Å². The fraction of sp³-hybridized carbons (Fsp3) is 0.619. The van der Waals surface area contributed by atoms with E-state index >= 15 is 0 Å². The number of aromatic nitrogens is 3. The van der Waals surface area contributed by atoms with Gasteiger partial charge in [-0.25, -0.2) is 9.50 Å². The first-order valence-corrected chi connectivity index (χ1v) is 10.6. The number of rotatable bonds is 5. The first-order chi connectivity index (χ1) is 15.4. The molecule has 2 aromatic heterocycles.